The van der Waals surface area contributed by atoms with E-state index in [0.29, 0.717) is 6.04 Å². The molecule has 4 nitrogen and oxygen atoms in total. The zero-order chi connectivity index (χ0) is 18.8. The average molecular weight is 385 g/mol. The number of aromatic nitrogens is 4. The minimum Gasteiger partial charge on any atom is -0.299 e. The van der Waals surface area contributed by atoms with Crippen LogP contribution in [0, 0.1) is 0 Å². The van der Waals surface area contributed by atoms with E-state index >= 15 is 0 Å². The number of hydrogen-bond acceptors (Lipinski definition) is 4. The van der Waals surface area contributed by atoms with E-state index < -0.39 is 0 Å². The Bertz CT molecular complexity index is 1050. The maximum Gasteiger partial charge on any atom is 0.192 e. The molecular weight excluding hydrogens is 364 g/mol. The van der Waals surface area contributed by atoms with Gasteiger partial charge in [0.05, 0.1) is 0 Å². The summed E-state index contributed by atoms with van der Waals surface area (Å²) in [6.07, 6.45) is 6.05. The molecule has 1 aliphatic rings. The standard InChI is InChI=1S/C23H20N4S/c1-2-5-18(6-3-1)19-10-8-17(9-11-19)16-28-23-26-25-22(27(23)21-12-13-21)20-7-4-14-24-15-20/h1-11,14-15,21H,12-13,16H2. The average Bonchev–Trinajstić information content (AvgIpc) is 3.52. The van der Waals surface area contributed by atoms with Crippen LogP contribution in [0.1, 0.15) is 24.4 Å². The predicted molar refractivity (Wildman–Crippen MR) is 113 cm³/mol. The van der Waals surface area contributed by atoms with Gasteiger partial charge in [0.2, 0.25) is 0 Å². The molecular formula is C23H20N4S. The van der Waals surface area contributed by atoms with E-state index in [-0.39, 0.29) is 0 Å². The zero-order valence-corrected chi connectivity index (χ0v) is 16.2. The van der Waals surface area contributed by atoms with Crippen molar-refractivity contribution in [1.82, 2.24) is 19.7 Å². The van der Waals surface area contributed by atoms with Gasteiger partial charge in [-0.3, -0.25) is 9.55 Å². The molecule has 0 saturated heterocycles. The van der Waals surface area contributed by atoms with Crippen LogP contribution >= 0.6 is 11.8 Å². The summed E-state index contributed by atoms with van der Waals surface area (Å²) in [4.78, 5) is 4.23. The lowest BCUT2D eigenvalue weighted by atomic mass is 10.0. The molecule has 5 rings (SSSR count). The third kappa shape index (κ3) is 3.58. The second-order valence-electron chi connectivity index (χ2n) is 7.00. The zero-order valence-electron chi connectivity index (χ0n) is 15.4. The molecule has 0 atom stereocenters. The van der Waals surface area contributed by atoms with Crippen LogP contribution in [0.25, 0.3) is 22.5 Å². The van der Waals surface area contributed by atoms with Crippen LogP contribution in [0.15, 0.2) is 84.3 Å². The fourth-order valence-corrected chi connectivity index (χ4v) is 4.26. The molecule has 138 valence electrons. The lowest BCUT2D eigenvalue weighted by Gasteiger charge is -2.09. The van der Waals surface area contributed by atoms with Crippen molar-refractivity contribution >= 4 is 11.8 Å². The molecule has 0 amide bonds. The maximum atomic E-state index is 4.48. The summed E-state index contributed by atoms with van der Waals surface area (Å²) in [7, 11) is 0. The first-order chi connectivity index (χ1) is 13.9. The Morgan fingerprint density at radius 2 is 1.57 bits per heavy atom. The number of pyridine rings is 1. The number of nitrogens with zero attached hydrogens (tertiary/aromatic N) is 4. The van der Waals surface area contributed by atoms with Crippen LogP contribution in [0.5, 0.6) is 0 Å². The van der Waals surface area contributed by atoms with E-state index in [9.17, 15) is 0 Å². The smallest absolute Gasteiger partial charge is 0.192 e. The Balaban J connectivity index is 1.34. The molecule has 1 aliphatic carbocycles. The molecule has 2 aromatic heterocycles. The van der Waals surface area contributed by atoms with Crippen LogP contribution in [0.2, 0.25) is 0 Å². The third-order valence-electron chi connectivity index (χ3n) is 4.93. The van der Waals surface area contributed by atoms with Gasteiger partial charge in [0.1, 0.15) is 0 Å². The van der Waals surface area contributed by atoms with Crippen molar-refractivity contribution in [2.45, 2.75) is 29.8 Å². The van der Waals surface area contributed by atoms with E-state index in [1.165, 1.54) is 29.5 Å². The molecule has 5 heteroatoms. The summed E-state index contributed by atoms with van der Waals surface area (Å²) >= 11 is 1.75. The van der Waals surface area contributed by atoms with Crippen molar-refractivity contribution in [3.8, 4) is 22.5 Å². The Morgan fingerprint density at radius 1 is 0.821 bits per heavy atom. The normalized spacial score (nSPS) is 13.6. The molecule has 1 fully saturated rings. The van der Waals surface area contributed by atoms with Gasteiger partial charge >= 0.3 is 0 Å². The highest BCUT2D eigenvalue weighted by molar-refractivity contribution is 7.98. The Hall–Kier alpha value is -2.92. The Morgan fingerprint density at radius 3 is 2.29 bits per heavy atom. The van der Waals surface area contributed by atoms with Gasteiger partial charge in [0.25, 0.3) is 0 Å². The molecule has 0 N–H and O–H groups in total. The quantitative estimate of drug-likeness (QED) is 0.404. The van der Waals surface area contributed by atoms with Crippen LogP contribution in [0.3, 0.4) is 0 Å². The van der Waals surface area contributed by atoms with E-state index in [0.717, 1.165) is 22.3 Å². The molecule has 0 aliphatic heterocycles. The molecule has 1 saturated carbocycles. The van der Waals surface area contributed by atoms with Gasteiger partial charge in [-0.25, -0.2) is 0 Å². The largest absolute Gasteiger partial charge is 0.299 e. The van der Waals surface area contributed by atoms with Gasteiger partial charge in [-0.15, -0.1) is 10.2 Å². The van der Waals surface area contributed by atoms with Gasteiger partial charge in [-0.05, 0) is 41.7 Å². The highest BCUT2D eigenvalue weighted by atomic mass is 32.2. The second kappa shape index (κ2) is 7.60. The van der Waals surface area contributed by atoms with Crippen molar-refractivity contribution in [3.63, 3.8) is 0 Å². The first kappa shape index (κ1) is 17.2. The molecule has 2 heterocycles. The van der Waals surface area contributed by atoms with Crippen molar-refractivity contribution in [3.05, 3.63) is 84.7 Å². The van der Waals surface area contributed by atoms with Crippen molar-refractivity contribution in [1.29, 1.82) is 0 Å². The lowest BCUT2D eigenvalue weighted by molar-refractivity contribution is 0.669. The highest BCUT2D eigenvalue weighted by Gasteiger charge is 2.30. The monoisotopic (exact) mass is 384 g/mol. The van der Waals surface area contributed by atoms with Gasteiger partial charge < -0.3 is 0 Å². The minimum atomic E-state index is 0.521. The van der Waals surface area contributed by atoms with Crippen LogP contribution in [-0.2, 0) is 5.75 Å². The summed E-state index contributed by atoms with van der Waals surface area (Å²) in [5, 5.41) is 9.94. The fraction of sp³-hybridized carbons (Fsp3) is 0.174. The van der Waals surface area contributed by atoms with Gasteiger partial charge in [0.15, 0.2) is 11.0 Å². The van der Waals surface area contributed by atoms with Crippen molar-refractivity contribution in [2.75, 3.05) is 0 Å². The minimum absolute atomic E-state index is 0.521. The first-order valence-electron chi connectivity index (χ1n) is 9.51. The maximum absolute atomic E-state index is 4.48. The molecule has 4 aromatic rings. The molecule has 0 unspecified atom stereocenters. The topological polar surface area (TPSA) is 43.6 Å². The predicted octanol–water partition coefficient (Wildman–Crippen LogP) is 5.63. The SMILES string of the molecule is c1ccc(-c2ccc(CSc3nnc(-c4cccnc4)n3C3CC3)cc2)cc1. The van der Waals surface area contributed by atoms with Crippen LogP contribution < -0.4 is 0 Å². The molecule has 28 heavy (non-hydrogen) atoms. The lowest BCUT2D eigenvalue weighted by Crippen LogP contribution is -2.00. The van der Waals surface area contributed by atoms with E-state index in [2.05, 4.69) is 68.3 Å². The van der Waals surface area contributed by atoms with E-state index in [4.69, 9.17) is 0 Å². The fourth-order valence-electron chi connectivity index (χ4n) is 3.30. The Kier molecular flexibility index (Phi) is 4.67. The van der Waals surface area contributed by atoms with Crippen molar-refractivity contribution in [2.24, 2.45) is 0 Å². The van der Waals surface area contributed by atoms with E-state index in [1.54, 1.807) is 18.0 Å². The second-order valence-corrected chi connectivity index (χ2v) is 7.94. The number of hydrogen-bond donors (Lipinski definition) is 0. The van der Waals surface area contributed by atoms with Gasteiger partial charge in [-0.2, -0.15) is 0 Å². The third-order valence-corrected chi connectivity index (χ3v) is 5.94. The van der Waals surface area contributed by atoms with Crippen LogP contribution in [-0.4, -0.2) is 19.7 Å². The molecule has 0 radical (unpaired) electrons. The number of thioether (sulfide) groups is 1. The molecule has 0 spiro atoms. The van der Waals surface area contributed by atoms with Gasteiger partial charge in [0, 0.05) is 29.8 Å². The first-order valence-corrected chi connectivity index (χ1v) is 10.5. The Labute approximate surface area is 168 Å². The summed E-state index contributed by atoms with van der Waals surface area (Å²) in [6.45, 7) is 0. The summed E-state index contributed by atoms with van der Waals surface area (Å²) < 4.78 is 2.29. The van der Waals surface area contributed by atoms with E-state index in [1.807, 2.05) is 24.4 Å². The summed E-state index contributed by atoms with van der Waals surface area (Å²) in [5.74, 6) is 1.81. The summed E-state index contributed by atoms with van der Waals surface area (Å²) in [5.41, 5.74) is 4.81. The highest BCUT2D eigenvalue weighted by Crippen LogP contribution is 2.41. The van der Waals surface area contributed by atoms with Gasteiger partial charge in [-0.1, -0.05) is 66.4 Å². The number of benzene rings is 2. The number of rotatable bonds is 6. The summed E-state index contributed by atoms with van der Waals surface area (Å²) in [6, 6.07) is 23.8. The molecule has 0 bridgehead atoms. The van der Waals surface area contributed by atoms with Crippen molar-refractivity contribution < 1.29 is 0 Å². The molecule has 2 aromatic carbocycles. The van der Waals surface area contributed by atoms with Crippen LogP contribution in [0.4, 0.5) is 0 Å².